The lowest BCUT2D eigenvalue weighted by atomic mass is 9.62. The van der Waals surface area contributed by atoms with Gasteiger partial charge in [0.1, 0.15) is 5.66 Å². The SMILES string of the molecule is c1ccc([C@@H]2C3=C(CCCC3)N3c4ccccc4N[C@]34CCCC[C@H]24)cc1. The van der Waals surface area contributed by atoms with E-state index in [9.17, 15) is 0 Å². The van der Waals surface area contributed by atoms with E-state index in [1.807, 2.05) is 0 Å². The van der Waals surface area contributed by atoms with Gasteiger partial charge in [0.2, 0.25) is 0 Å². The molecule has 2 aromatic carbocycles. The fourth-order valence-electron chi connectivity index (χ4n) is 6.56. The fraction of sp³-hybridized carbons (Fsp3) is 0.440. The van der Waals surface area contributed by atoms with Crippen LogP contribution < -0.4 is 10.2 Å². The van der Waals surface area contributed by atoms with Gasteiger partial charge < -0.3 is 10.2 Å². The molecule has 0 unspecified atom stereocenters. The number of hydrogen-bond donors (Lipinski definition) is 1. The molecule has 0 aromatic heterocycles. The molecule has 0 bridgehead atoms. The van der Waals surface area contributed by atoms with Crippen molar-refractivity contribution >= 4 is 11.4 Å². The number of anilines is 2. The van der Waals surface area contributed by atoms with Crippen molar-refractivity contribution in [2.75, 3.05) is 10.2 Å². The summed E-state index contributed by atoms with van der Waals surface area (Å²) in [7, 11) is 0. The van der Waals surface area contributed by atoms with Gasteiger partial charge >= 0.3 is 0 Å². The quantitative estimate of drug-likeness (QED) is 0.633. The molecule has 0 amide bonds. The molecular weight excluding hydrogens is 328 g/mol. The third-order valence-corrected chi connectivity index (χ3v) is 7.52. The second-order valence-electron chi connectivity index (χ2n) is 8.82. The first-order chi connectivity index (χ1) is 13.4. The minimum absolute atomic E-state index is 0.0820. The highest BCUT2D eigenvalue weighted by Gasteiger charge is 2.57. The Labute approximate surface area is 162 Å². The summed E-state index contributed by atoms with van der Waals surface area (Å²) in [6.45, 7) is 0. The molecule has 1 fully saturated rings. The molecule has 2 aliphatic carbocycles. The van der Waals surface area contributed by atoms with Gasteiger partial charge in [-0.1, -0.05) is 48.9 Å². The number of allylic oxidation sites excluding steroid dienone is 2. The normalized spacial score (nSPS) is 31.5. The highest BCUT2D eigenvalue weighted by Crippen LogP contribution is 2.61. The Morgan fingerprint density at radius 3 is 2.59 bits per heavy atom. The van der Waals surface area contributed by atoms with Crippen LogP contribution in [0.4, 0.5) is 11.4 Å². The smallest absolute Gasteiger partial charge is 0.118 e. The molecule has 1 saturated carbocycles. The maximum atomic E-state index is 4.08. The first-order valence-corrected chi connectivity index (χ1v) is 10.8. The molecule has 2 nitrogen and oxygen atoms in total. The molecule has 0 saturated heterocycles. The molecular formula is C25H28N2. The van der Waals surface area contributed by atoms with Crippen LogP contribution in [0.3, 0.4) is 0 Å². The van der Waals surface area contributed by atoms with E-state index in [4.69, 9.17) is 0 Å². The van der Waals surface area contributed by atoms with Crippen LogP contribution in [-0.2, 0) is 0 Å². The summed E-state index contributed by atoms with van der Waals surface area (Å²) in [6.07, 6.45) is 10.5. The molecule has 2 aromatic rings. The van der Waals surface area contributed by atoms with Gasteiger partial charge in [-0.2, -0.15) is 0 Å². The van der Waals surface area contributed by atoms with Gasteiger partial charge in [0.15, 0.2) is 0 Å². The van der Waals surface area contributed by atoms with Crippen LogP contribution in [0.25, 0.3) is 0 Å². The van der Waals surface area contributed by atoms with Gasteiger partial charge in [-0.05, 0) is 68.2 Å². The number of nitrogens with zero attached hydrogens (tertiary/aromatic N) is 1. The number of nitrogens with one attached hydrogen (secondary N) is 1. The third kappa shape index (κ3) is 2.13. The van der Waals surface area contributed by atoms with E-state index >= 15 is 0 Å². The van der Waals surface area contributed by atoms with Crippen molar-refractivity contribution < 1.29 is 0 Å². The Morgan fingerprint density at radius 2 is 1.67 bits per heavy atom. The number of hydrogen-bond acceptors (Lipinski definition) is 2. The molecule has 6 rings (SSSR count). The Hall–Kier alpha value is -2.22. The standard InChI is InChI=1S/C25H28N2/c1-2-10-18(11-3-1)24-19-12-4-6-15-22(19)27-23-16-7-5-14-21(23)26-25(27)17-9-8-13-20(24)25/h1-3,5,7,10-11,14,16,20,24,26H,4,6,8-9,12-13,15,17H2/t20-,24-,25-/m1/s1. The maximum Gasteiger partial charge on any atom is 0.118 e. The molecule has 4 aliphatic rings. The zero-order chi connectivity index (χ0) is 17.8. The van der Waals surface area contributed by atoms with E-state index in [2.05, 4.69) is 64.8 Å². The van der Waals surface area contributed by atoms with Gasteiger partial charge in [0, 0.05) is 17.5 Å². The molecule has 0 radical (unpaired) electrons. The number of benzene rings is 2. The van der Waals surface area contributed by atoms with Gasteiger partial charge in [-0.25, -0.2) is 0 Å². The van der Waals surface area contributed by atoms with Crippen LogP contribution in [0.1, 0.15) is 62.8 Å². The van der Waals surface area contributed by atoms with Crippen LogP contribution in [0.5, 0.6) is 0 Å². The van der Waals surface area contributed by atoms with Crippen LogP contribution in [0.2, 0.25) is 0 Å². The lowest BCUT2D eigenvalue weighted by Crippen LogP contribution is -2.62. The summed E-state index contributed by atoms with van der Waals surface area (Å²) < 4.78 is 0. The van der Waals surface area contributed by atoms with Crippen molar-refractivity contribution in [3.63, 3.8) is 0 Å². The summed E-state index contributed by atoms with van der Waals surface area (Å²) in [5, 5.41) is 4.08. The van der Waals surface area contributed by atoms with E-state index in [0.717, 1.165) is 0 Å². The summed E-state index contributed by atoms with van der Waals surface area (Å²) in [5.74, 6) is 1.23. The molecule has 27 heavy (non-hydrogen) atoms. The van der Waals surface area contributed by atoms with Crippen molar-refractivity contribution in [1.29, 1.82) is 0 Å². The monoisotopic (exact) mass is 356 g/mol. The minimum atomic E-state index is 0.0820. The van der Waals surface area contributed by atoms with Gasteiger partial charge in [0.25, 0.3) is 0 Å². The second kappa shape index (κ2) is 5.89. The Balaban J connectivity index is 1.61. The van der Waals surface area contributed by atoms with E-state index in [1.54, 1.807) is 11.3 Å². The van der Waals surface area contributed by atoms with Crippen LogP contribution in [0.15, 0.2) is 65.9 Å². The molecule has 2 aliphatic heterocycles. The molecule has 138 valence electrons. The predicted molar refractivity (Wildman–Crippen MR) is 112 cm³/mol. The van der Waals surface area contributed by atoms with Gasteiger partial charge in [0.05, 0.1) is 11.4 Å². The molecule has 1 N–H and O–H groups in total. The highest BCUT2D eigenvalue weighted by atomic mass is 15.4. The first kappa shape index (κ1) is 15.8. The van der Waals surface area contributed by atoms with Crippen molar-refractivity contribution in [2.24, 2.45) is 5.92 Å². The topological polar surface area (TPSA) is 15.3 Å². The minimum Gasteiger partial charge on any atom is -0.360 e. The van der Waals surface area contributed by atoms with E-state index in [0.29, 0.717) is 11.8 Å². The highest BCUT2D eigenvalue weighted by molar-refractivity contribution is 5.82. The summed E-state index contributed by atoms with van der Waals surface area (Å²) in [6, 6.07) is 20.4. The summed E-state index contributed by atoms with van der Waals surface area (Å²) >= 11 is 0. The van der Waals surface area contributed by atoms with Crippen molar-refractivity contribution in [3.8, 4) is 0 Å². The van der Waals surface area contributed by atoms with E-state index in [-0.39, 0.29) is 5.66 Å². The fourth-order valence-corrected chi connectivity index (χ4v) is 6.56. The average Bonchev–Trinajstić information content (AvgIpc) is 3.06. The van der Waals surface area contributed by atoms with Gasteiger partial charge in [-0.3, -0.25) is 0 Å². The average molecular weight is 357 g/mol. The summed E-state index contributed by atoms with van der Waals surface area (Å²) in [5.41, 5.74) is 7.77. The number of rotatable bonds is 1. The lowest BCUT2D eigenvalue weighted by molar-refractivity contribution is 0.176. The van der Waals surface area contributed by atoms with Crippen LogP contribution in [-0.4, -0.2) is 5.66 Å². The Kier molecular flexibility index (Phi) is 3.45. The first-order valence-electron chi connectivity index (χ1n) is 10.8. The van der Waals surface area contributed by atoms with E-state index < -0.39 is 0 Å². The maximum absolute atomic E-state index is 4.08. The Bertz CT molecular complexity index is 900. The molecule has 2 heteroatoms. The zero-order valence-corrected chi connectivity index (χ0v) is 16.0. The number of para-hydroxylation sites is 2. The van der Waals surface area contributed by atoms with Crippen molar-refractivity contribution in [2.45, 2.75) is 62.9 Å². The van der Waals surface area contributed by atoms with Crippen LogP contribution >= 0.6 is 0 Å². The molecule has 3 atom stereocenters. The largest absolute Gasteiger partial charge is 0.360 e. The van der Waals surface area contributed by atoms with Gasteiger partial charge in [-0.15, -0.1) is 0 Å². The van der Waals surface area contributed by atoms with Crippen molar-refractivity contribution in [3.05, 3.63) is 71.4 Å². The lowest BCUT2D eigenvalue weighted by Gasteiger charge is -2.57. The summed E-state index contributed by atoms with van der Waals surface area (Å²) in [4.78, 5) is 2.78. The van der Waals surface area contributed by atoms with Crippen LogP contribution in [0, 0.1) is 5.92 Å². The third-order valence-electron chi connectivity index (χ3n) is 7.52. The molecule has 2 heterocycles. The number of fused-ring (bicyclic) bond motifs is 3. The zero-order valence-electron chi connectivity index (χ0n) is 16.0. The molecule has 1 spiro atoms. The van der Waals surface area contributed by atoms with Crippen molar-refractivity contribution in [1.82, 2.24) is 0 Å². The van der Waals surface area contributed by atoms with E-state index in [1.165, 1.54) is 68.3 Å². The second-order valence-corrected chi connectivity index (χ2v) is 8.82. The Morgan fingerprint density at radius 1 is 0.852 bits per heavy atom. The predicted octanol–water partition coefficient (Wildman–Crippen LogP) is 6.43.